The standard InChI is InChI=1S/C10H15Cl2N8O6P3/c11-27(12)17-28(22,23)19-29(24,18-27)25-2-6-5(21)1-7(26-6)20-4-16-8-9(13)14-3-15-10(8)20/h3-7,21H,1-2H2,(H2,13,14,15)(H3,17,19,22,23,24)/t5-,6-,7-,29?/m1/s1. The normalized spacial score (nSPS) is 36.9. The molecule has 4 rings (SSSR count). The highest BCUT2D eigenvalue weighted by atomic mass is 35.9. The van der Waals surface area contributed by atoms with E-state index in [0.29, 0.717) is 11.2 Å². The van der Waals surface area contributed by atoms with Crippen LogP contribution in [0.4, 0.5) is 5.82 Å². The van der Waals surface area contributed by atoms with Crippen LogP contribution in [0.2, 0.25) is 0 Å². The summed E-state index contributed by atoms with van der Waals surface area (Å²) in [5.41, 5.74) is 6.56. The zero-order valence-electron chi connectivity index (χ0n) is 14.2. The first-order chi connectivity index (χ1) is 13.5. The summed E-state index contributed by atoms with van der Waals surface area (Å²) in [5, 5.41) is 10.3. The van der Waals surface area contributed by atoms with Crippen LogP contribution in [0.25, 0.3) is 11.2 Å². The molecule has 5 atom stereocenters. The molecule has 0 saturated carbocycles. The first-order valence-electron chi connectivity index (χ1n) is 7.93. The number of anilines is 1. The number of nitrogens with zero attached hydrogens (tertiary/aromatic N) is 5. The van der Waals surface area contributed by atoms with Crippen molar-refractivity contribution >= 4 is 60.7 Å². The van der Waals surface area contributed by atoms with Crippen LogP contribution in [0.15, 0.2) is 17.2 Å². The molecule has 2 aromatic heterocycles. The SMILES string of the molecule is Nc1ncnc2c1ncn2[C@H]1C[C@@H](O)[C@@H](COP2(=O)N=P(Cl)(Cl)NP(=O)(O)N2)O1. The topological polar surface area (TPSA) is 199 Å². The number of fused-ring (bicyclic) bond motifs is 1. The zero-order valence-corrected chi connectivity index (χ0v) is 18.4. The molecule has 2 aliphatic rings. The van der Waals surface area contributed by atoms with E-state index < -0.39 is 46.3 Å². The van der Waals surface area contributed by atoms with Gasteiger partial charge in [-0.15, -0.1) is 4.86 Å². The number of imidazole rings is 1. The number of nitrogen functional groups attached to an aromatic ring is 1. The smallest absolute Gasteiger partial charge is 0.390 e. The van der Waals surface area contributed by atoms with E-state index in [4.69, 9.17) is 37.5 Å². The van der Waals surface area contributed by atoms with E-state index in [2.05, 4.69) is 19.5 Å². The molecule has 2 unspecified atom stereocenters. The van der Waals surface area contributed by atoms with Crippen LogP contribution in [0.3, 0.4) is 0 Å². The minimum absolute atomic E-state index is 0.153. The fourth-order valence-electron chi connectivity index (χ4n) is 2.89. The number of aliphatic hydroxyl groups is 1. The van der Waals surface area contributed by atoms with Gasteiger partial charge in [-0.25, -0.2) is 19.5 Å². The van der Waals surface area contributed by atoms with Gasteiger partial charge in [0.05, 0.1) is 19.0 Å². The highest BCUT2D eigenvalue weighted by Gasteiger charge is 2.45. The van der Waals surface area contributed by atoms with Crippen LogP contribution in [-0.2, 0) is 18.4 Å². The highest BCUT2D eigenvalue weighted by Crippen LogP contribution is 2.74. The minimum Gasteiger partial charge on any atom is -0.390 e. The van der Waals surface area contributed by atoms with Crippen molar-refractivity contribution in [1.82, 2.24) is 29.2 Å². The molecule has 6 N–H and O–H groups in total. The number of nitrogens with two attached hydrogens (primary N) is 1. The number of rotatable bonds is 4. The van der Waals surface area contributed by atoms with Crippen molar-refractivity contribution in [2.75, 3.05) is 12.3 Å². The van der Waals surface area contributed by atoms with E-state index in [1.807, 2.05) is 9.72 Å². The summed E-state index contributed by atoms with van der Waals surface area (Å²) in [6, 6.07) is 0. The molecule has 1 saturated heterocycles. The fraction of sp³-hybridized carbons (Fsp3) is 0.500. The van der Waals surface area contributed by atoms with Crippen LogP contribution in [0.5, 0.6) is 0 Å². The number of hydrogen-bond donors (Lipinski definition) is 5. The van der Waals surface area contributed by atoms with E-state index in [9.17, 15) is 19.1 Å². The number of aromatic nitrogens is 4. The Morgan fingerprint density at radius 1 is 1.34 bits per heavy atom. The van der Waals surface area contributed by atoms with E-state index in [0.717, 1.165) is 0 Å². The predicted octanol–water partition coefficient (Wildman–Crippen LogP) is 1.90. The maximum absolute atomic E-state index is 12.7. The molecular weight excluding hydrogens is 492 g/mol. The third-order valence-electron chi connectivity index (χ3n) is 4.06. The van der Waals surface area contributed by atoms with Crippen LogP contribution in [0.1, 0.15) is 12.6 Å². The monoisotopic (exact) mass is 506 g/mol. The Balaban J connectivity index is 1.49. The molecule has 0 amide bonds. The Labute approximate surface area is 172 Å². The maximum Gasteiger partial charge on any atom is 0.397 e. The van der Waals surface area contributed by atoms with E-state index in [1.165, 1.54) is 12.7 Å². The van der Waals surface area contributed by atoms with Crippen LogP contribution in [0, 0.1) is 0 Å². The molecule has 0 aromatic carbocycles. The summed E-state index contributed by atoms with van der Waals surface area (Å²) in [4.78, 5) is 25.6. The lowest BCUT2D eigenvalue weighted by Gasteiger charge is -2.28. The van der Waals surface area contributed by atoms with Crippen molar-refractivity contribution in [1.29, 1.82) is 0 Å². The van der Waals surface area contributed by atoms with Gasteiger partial charge in [0.1, 0.15) is 24.2 Å². The molecular formula is C10H15Cl2N8O6P3. The largest absolute Gasteiger partial charge is 0.397 e. The molecule has 2 aliphatic heterocycles. The molecule has 2 aromatic rings. The Morgan fingerprint density at radius 3 is 2.83 bits per heavy atom. The van der Waals surface area contributed by atoms with Gasteiger partial charge in [-0.2, -0.15) is 9.37 Å². The molecule has 4 heterocycles. The maximum atomic E-state index is 12.7. The Hall–Kier alpha value is -0.620. The predicted molar refractivity (Wildman–Crippen MR) is 105 cm³/mol. The first-order valence-corrected chi connectivity index (χ1v) is 14.7. The lowest BCUT2D eigenvalue weighted by atomic mass is 10.2. The second-order valence-electron chi connectivity index (χ2n) is 6.18. The van der Waals surface area contributed by atoms with Crippen LogP contribution < -0.4 is 15.4 Å². The van der Waals surface area contributed by atoms with Crippen LogP contribution in [-0.4, -0.2) is 48.3 Å². The summed E-state index contributed by atoms with van der Waals surface area (Å²) in [6.45, 7) is -0.414. The highest BCUT2D eigenvalue weighted by molar-refractivity contribution is 8.14. The van der Waals surface area contributed by atoms with Gasteiger partial charge >= 0.3 is 15.3 Å². The number of aliphatic hydroxyl groups excluding tert-OH is 1. The average Bonchev–Trinajstić information content (AvgIpc) is 3.14. The summed E-state index contributed by atoms with van der Waals surface area (Å²) in [7, 11) is -8.55. The minimum atomic E-state index is -4.33. The van der Waals surface area contributed by atoms with Crippen molar-refractivity contribution < 1.29 is 28.4 Å². The molecule has 0 bridgehead atoms. The Morgan fingerprint density at radius 2 is 2.10 bits per heavy atom. The molecule has 0 spiro atoms. The first kappa shape index (κ1) is 21.6. The number of hydrogen-bond acceptors (Lipinski definition) is 9. The number of ether oxygens (including phenoxy) is 1. The average molecular weight is 507 g/mol. The quantitative estimate of drug-likeness (QED) is 0.377. The summed E-state index contributed by atoms with van der Waals surface area (Å²) in [6.07, 6.45) is 0.292. The Bertz CT molecular complexity index is 1110. The third-order valence-corrected chi connectivity index (χ3v) is 13.1. The van der Waals surface area contributed by atoms with Gasteiger partial charge in [0, 0.05) is 6.42 Å². The molecule has 160 valence electrons. The van der Waals surface area contributed by atoms with Gasteiger partial charge < -0.3 is 20.5 Å². The number of nitrogens with one attached hydrogen (secondary N) is 2. The zero-order chi connectivity index (χ0) is 21.0. The summed E-state index contributed by atoms with van der Waals surface area (Å²) >= 11 is 11.6. The van der Waals surface area contributed by atoms with Gasteiger partial charge in [-0.3, -0.25) is 13.7 Å². The second-order valence-corrected chi connectivity index (χ2v) is 15.4. The molecule has 19 heteroatoms. The van der Waals surface area contributed by atoms with Gasteiger partial charge in [0.25, 0.3) is 0 Å². The second kappa shape index (κ2) is 7.51. The van der Waals surface area contributed by atoms with E-state index >= 15 is 0 Å². The number of halogens is 2. The van der Waals surface area contributed by atoms with E-state index in [1.54, 1.807) is 4.57 Å². The molecule has 1 fully saturated rings. The lowest BCUT2D eigenvalue weighted by molar-refractivity contribution is -0.0379. The summed E-state index contributed by atoms with van der Waals surface area (Å²) in [5.74, 6) is -3.33. The van der Waals surface area contributed by atoms with Crippen molar-refractivity contribution in [3.05, 3.63) is 12.7 Å². The van der Waals surface area contributed by atoms with E-state index in [-0.39, 0.29) is 12.2 Å². The van der Waals surface area contributed by atoms with Crippen molar-refractivity contribution in [2.45, 2.75) is 24.9 Å². The molecule has 0 radical (unpaired) electrons. The lowest BCUT2D eigenvalue weighted by Crippen LogP contribution is -2.28. The van der Waals surface area contributed by atoms with Crippen molar-refractivity contribution in [3.63, 3.8) is 0 Å². The molecule has 14 nitrogen and oxygen atoms in total. The van der Waals surface area contributed by atoms with Gasteiger partial charge in [-0.1, -0.05) is 0 Å². The van der Waals surface area contributed by atoms with Gasteiger partial charge in [-0.05, 0) is 22.5 Å². The van der Waals surface area contributed by atoms with Crippen molar-refractivity contribution in [3.8, 4) is 0 Å². The fourth-order valence-corrected chi connectivity index (χ4v) is 12.6. The molecule has 29 heavy (non-hydrogen) atoms. The summed E-state index contributed by atoms with van der Waals surface area (Å²) < 4.78 is 40.6. The molecule has 0 aliphatic carbocycles. The van der Waals surface area contributed by atoms with Crippen molar-refractivity contribution in [2.24, 2.45) is 4.52 Å². The van der Waals surface area contributed by atoms with Gasteiger partial charge in [0.15, 0.2) is 11.5 Å². The van der Waals surface area contributed by atoms with Gasteiger partial charge in [0.2, 0.25) is 5.91 Å². The van der Waals surface area contributed by atoms with Crippen LogP contribution >= 0.6 is 43.7 Å². The Kier molecular flexibility index (Phi) is 5.59. The third kappa shape index (κ3) is 4.53.